The van der Waals surface area contributed by atoms with Gasteiger partial charge in [0.25, 0.3) is 0 Å². The highest BCUT2D eigenvalue weighted by Gasteiger charge is 2.10. The Kier molecular flexibility index (Phi) is 4.51. The van der Waals surface area contributed by atoms with Crippen LogP contribution in [0, 0.1) is 0 Å². The molecule has 1 aromatic carbocycles. The minimum absolute atomic E-state index is 0.582. The smallest absolute Gasteiger partial charge is 0.0715 e. The van der Waals surface area contributed by atoms with E-state index in [2.05, 4.69) is 43.4 Å². The minimum Gasteiger partial charge on any atom is -0.389 e. The van der Waals surface area contributed by atoms with Gasteiger partial charge >= 0.3 is 0 Å². The van der Waals surface area contributed by atoms with E-state index >= 15 is 0 Å². The topological polar surface area (TPSA) is 32.3 Å². The Morgan fingerprint density at radius 3 is 2.19 bits per heavy atom. The molecule has 0 bridgehead atoms. The molecule has 0 aliphatic carbocycles. The molecule has 2 N–H and O–H groups in total. The summed E-state index contributed by atoms with van der Waals surface area (Å²) in [6.07, 6.45) is 0. The van der Waals surface area contributed by atoms with Gasteiger partial charge in [-0.3, -0.25) is 0 Å². The van der Waals surface area contributed by atoms with E-state index in [1.807, 2.05) is 13.8 Å². The van der Waals surface area contributed by atoms with Crippen LogP contribution < -0.4 is 5.32 Å². The third-order valence-electron chi connectivity index (χ3n) is 2.53. The van der Waals surface area contributed by atoms with E-state index in [9.17, 15) is 5.11 Å². The van der Waals surface area contributed by atoms with Crippen LogP contribution >= 0.6 is 0 Å². The molecule has 1 aromatic rings. The third-order valence-corrected chi connectivity index (χ3v) is 2.53. The van der Waals surface area contributed by atoms with Gasteiger partial charge < -0.3 is 10.4 Å². The second kappa shape index (κ2) is 5.46. The molecule has 0 aliphatic rings. The summed E-state index contributed by atoms with van der Waals surface area (Å²) in [4.78, 5) is 0. The van der Waals surface area contributed by atoms with E-state index in [1.165, 1.54) is 11.1 Å². The summed E-state index contributed by atoms with van der Waals surface area (Å²) in [5.41, 5.74) is 1.98. The molecule has 0 amide bonds. The highest BCUT2D eigenvalue weighted by atomic mass is 16.3. The number of rotatable bonds is 5. The van der Waals surface area contributed by atoms with Gasteiger partial charge in [0.1, 0.15) is 0 Å². The summed E-state index contributed by atoms with van der Waals surface area (Å²) in [5, 5.41) is 12.8. The van der Waals surface area contributed by atoms with Crippen LogP contribution in [-0.2, 0) is 6.54 Å². The molecular formula is C14H23NO. The fraction of sp³-hybridized carbons (Fsp3) is 0.571. The lowest BCUT2D eigenvalue weighted by Crippen LogP contribution is -2.34. The molecule has 0 aromatic heterocycles. The average Bonchev–Trinajstić information content (AvgIpc) is 2.16. The number of nitrogens with one attached hydrogen (secondary N) is 1. The maximum atomic E-state index is 9.55. The van der Waals surface area contributed by atoms with Gasteiger partial charge in [0.05, 0.1) is 5.60 Å². The zero-order valence-electron chi connectivity index (χ0n) is 10.7. The predicted molar refractivity (Wildman–Crippen MR) is 68.5 cm³/mol. The van der Waals surface area contributed by atoms with Gasteiger partial charge in [0, 0.05) is 13.1 Å². The van der Waals surface area contributed by atoms with Crippen molar-refractivity contribution in [2.75, 3.05) is 6.54 Å². The minimum atomic E-state index is -0.641. The van der Waals surface area contributed by atoms with Crippen molar-refractivity contribution >= 4 is 0 Å². The summed E-state index contributed by atoms with van der Waals surface area (Å²) in [7, 11) is 0. The summed E-state index contributed by atoms with van der Waals surface area (Å²) >= 11 is 0. The maximum absolute atomic E-state index is 9.55. The van der Waals surface area contributed by atoms with Gasteiger partial charge in [0.2, 0.25) is 0 Å². The first-order valence-corrected chi connectivity index (χ1v) is 5.90. The SMILES string of the molecule is CC(C)c1ccc(CNCC(C)(C)O)cc1. The van der Waals surface area contributed by atoms with E-state index in [0.717, 1.165) is 6.54 Å². The lowest BCUT2D eigenvalue weighted by molar-refractivity contribution is 0.0795. The number of aliphatic hydroxyl groups is 1. The molecule has 0 saturated heterocycles. The number of hydrogen-bond acceptors (Lipinski definition) is 2. The highest BCUT2D eigenvalue weighted by Crippen LogP contribution is 2.14. The van der Waals surface area contributed by atoms with Crippen LogP contribution in [0.25, 0.3) is 0 Å². The first-order valence-electron chi connectivity index (χ1n) is 5.90. The molecule has 0 fully saturated rings. The molecule has 1 rings (SSSR count). The quantitative estimate of drug-likeness (QED) is 0.801. The molecule has 0 spiro atoms. The Labute approximate surface area is 98.7 Å². The zero-order chi connectivity index (χ0) is 12.2. The van der Waals surface area contributed by atoms with Gasteiger partial charge in [-0.25, -0.2) is 0 Å². The van der Waals surface area contributed by atoms with Crippen molar-refractivity contribution in [3.05, 3.63) is 35.4 Å². The molecule has 16 heavy (non-hydrogen) atoms. The lowest BCUT2D eigenvalue weighted by Gasteiger charge is -2.17. The monoisotopic (exact) mass is 221 g/mol. The Hall–Kier alpha value is -0.860. The second-order valence-corrected chi connectivity index (χ2v) is 5.31. The molecule has 0 aliphatic heterocycles. The fourth-order valence-electron chi connectivity index (χ4n) is 1.53. The Morgan fingerprint density at radius 1 is 1.19 bits per heavy atom. The molecule has 2 heteroatoms. The summed E-state index contributed by atoms with van der Waals surface area (Å²) < 4.78 is 0. The molecule has 0 heterocycles. The van der Waals surface area contributed by atoms with Crippen LogP contribution in [0.1, 0.15) is 44.7 Å². The Bertz CT molecular complexity index is 309. The zero-order valence-corrected chi connectivity index (χ0v) is 10.7. The fourth-order valence-corrected chi connectivity index (χ4v) is 1.53. The van der Waals surface area contributed by atoms with Crippen LogP contribution in [0.5, 0.6) is 0 Å². The van der Waals surface area contributed by atoms with Crippen molar-refractivity contribution in [1.29, 1.82) is 0 Å². The van der Waals surface area contributed by atoms with Crippen LogP contribution in [-0.4, -0.2) is 17.3 Å². The van der Waals surface area contributed by atoms with Gasteiger partial charge in [-0.1, -0.05) is 38.1 Å². The van der Waals surface area contributed by atoms with Crippen molar-refractivity contribution in [3.8, 4) is 0 Å². The predicted octanol–water partition coefficient (Wildman–Crippen LogP) is 2.67. The van der Waals surface area contributed by atoms with Gasteiger partial charge in [-0.2, -0.15) is 0 Å². The van der Waals surface area contributed by atoms with Crippen LogP contribution in [0.15, 0.2) is 24.3 Å². The number of hydrogen-bond donors (Lipinski definition) is 2. The normalized spacial score (nSPS) is 12.1. The Balaban J connectivity index is 2.44. The van der Waals surface area contributed by atoms with E-state index in [0.29, 0.717) is 12.5 Å². The summed E-state index contributed by atoms with van der Waals surface area (Å²) in [5.74, 6) is 0.582. The maximum Gasteiger partial charge on any atom is 0.0715 e. The van der Waals surface area contributed by atoms with E-state index < -0.39 is 5.60 Å². The summed E-state index contributed by atoms with van der Waals surface area (Å²) in [6, 6.07) is 8.64. The largest absolute Gasteiger partial charge is 0.389 e. The third kappa shape index (κ3) is 4.77. The first kappa shape index (κ1) is 13.2. The molecule has 90 valence electrons. The second-order valence-electron chi connectivity index (χ2n) is 5.31. The van der Waals surface area contributed by atoms with E-state index in [4.69, 9.17) is 0 Å². The molecule has 0 radical (unpaired) electrons. The van der Waals surface area contributed by atoms with Crippen molar-refractivity contribution < 1.29 is 5.11 Å². The van der Waals surface area contributed by atoms with E-state index in [1.54, 1.807) is 0 Å². The molecule has 0 unspecified atom stereocenters. The van der Waals surface area contributed by atoms with Crippen LogP contribution in [0.4, 0.5) is 0 Å². The standard InChI is InChI=1S/C14H23NO/c1-11(2)13-7-5-12(6-8-13)9-15-10-14(3,4)16/h5-8,11,15-16H,9-10H2,1-4H3. The molecule has 0 atom stereocenters. The van der Waals surface area contributed by atoms with Crippen molar-refractivity contribution in [2.45, 2.75) is 45.8 Å². The van der Waals surface area contributed by atoms with Crippen molar-refractivity contribution in [1.82, 2.24) is 5.32 Å². The van der Waals surface area contributed by atoms with Crippen LogP contribution in [0.3, 0.4) is 0 Å². The lowest BCUT2D eigenvalue weighted by atomic mass is 10.0. The van der Waals surface area contributed by atoms with E-state index in [-0.39, 0.29) is 0 Å². The Morgan fingerprint density at radius 2 is 1.75 bits per heavy atom. The summed E-state index contributed by atoms with van der Waals surface area (Å²) in [6.45, 7) is 9.42. The highest BCUT2D eigenvalue weighted by molar-refractivity contribution is 5.24. The van der Waals surface area contributed by atoms with Gasteiger partial charge in [0.15, 0.2) is 0 Å². The van der Waals surface area contributed by atoms with Crippen molar-refractivity contribution in [2.24, 2.45) is 0 Å². The molecule has 0 saturated carbocycles. The molecule has 2 nitrogen and oxygen atoms in total. The number of benzene rings is 1. The molecular weight excluding hydrogens is 198 g/mol. The van der Waals surface area contributed by atoms with Gasteiger partial charge in [-0.15, -0.1) is 0 Å². The first-order chi connectivity index (χ1) is 7.38. The van der Waals surface area contributed by atoms with Crippen LogP contribution in [0.2, 0.25) is 0 Å². The van der Waals surface area contributed by atoms with Crippen molar-refractivity contribution in [3.63, 3.8) is 0 Å². The average molecular weight is 221 g/mol. The van der Waals surface area contributed by atoms with Gasteiger partial charge in [-0.05, 0) is 30.9 Å².